The van der Waals surface area contributed by atoms with E-state index in [-0.39, 0.29) is 17.3 Å². The van der Waals surface area contributed by atoms with Crippen LogP contribution in [-0.2, 0) is 4.79 Å². The zero-order valence-electron chi connectivity index (χ0n) is 11.0. The number of aromatic nitrogens is 1. The Balaban J connectivity index is 2.16. The molecule has 2 aromatic rings. The van der Waals surface area contributed by atoms with Gasteiger partial charge in [0.05, 0.1) is 22.3 Å². The van der Waals surface area contributed by atoms with Crippen LogP contribution in [0.1, 0.15) is 24.1 Å². The van der Waals surface area contributed by atoms with Crippen molar-refractivity contribution in [2.45, 2.75) is 19.8 Å². The van der Waals surface area contributed by atoms with E-state index in [0.29, 0.717) is 15.7 Å². The molecule has 20 heavy (non-hydrogen) atoms. The highest BCUT2D eigenvalue weighted by Gasteiger charge is 2.19. The zero-order valence-corrected chi connectivity index (χ0v) is 12.5. The van der Waals surface area contributed by atoms with Gasteiger partial charge in [-0.1, -0.05) is 17.7 Å². The Bertz CT molecular complexity index is 657. The minimum atomic E-state index is -0.420. The van der Waals surface area contributed by atoms with Crippen LogP contribution in [0.15, 0.2) is 18.2 Å². The van der Waals surface area contributed by atoms with E-state index in [2.05, 4.69) is 9.69 Å². The van der Waals surface area contributed by atoms with Crippen molar-refractivity contribution in [2.24, 2.45) is 0 Å². The second kappa shape index (κ2) is 5.68. The van der Waals surface area contributed by atoms with E-state index < -0.39 is 5.92 Å². The summed E-state index contributed by atoms with van der Waals surface area (Å²) in [6.45, 7) is 3.53. The van der Waals surface area contributed by atoms with Crippen molar-refractivity contribution >= 4 is 39.7 Å². The molecule has 1 aromatic carbocycles. The van der Waals surface area contributed by atoms with Gasteiger partial charge in [0.15, 0.2) is 0 Å². The maximum absolute atomic E-state index is 12.2. The van der Waals surface area contributed by atoms with Crippen LogP contribution in [0.25, 0.3) is 0 Å². The number of anilines is 2. The van der Waals surface area contributed by atoms with Gasteiger partial charge in [-0.15, -0.1) is 0 Å². The number of nitrogens with one attached hydrogen (secondary N) is 1. The number of benzene rings is 1. The molecular weight excluding hydrogens is 298 g/mol. The van der Waals surface area contributed by atoms with Gasteiger partial charge in [0.2, 0.25) is 5.91 Å². The number of hydrogen-bond acceptors (Lipinski definition) is 5. The van der Waals surface area contributed by atoms with Crippen molar-refractivity contribution < 1.29 is 9.90 Å². The number of aromatic hydroxyl groups is 1. The molecule has 106 valence electrons. The lowest BCUT2D eigenvalue weighted by Gasteiger charge is -2.12. The largest absolute Gasteiger partial charge is 0.506 e. The number of phenols is 1. The number of hydrogen-bond donors (Lipinski definition) is 3. The van der Waals surface area contributed by atoms with Gasteiger partial charge in [-0.3, -0.25) is 4.79 Å². The summed E-state index contributed by atoms with van der Waals surface area (Å²) in [7, 11) is 0. The lowest BCUT2D eigenvalue weighted by Crippen LogP contribution is -2.18. The molecule has 1 heterocycles. The minimum absolute atomic E-state index is 0.00230. The normalized spacial score (nSPS) is 12.2. The Morgan fingerprint density at radius 2 is 2.25 bits per heavy atom. The average molecular weight is 312 g/mol. The van der Waals surface area contributed by atoms with Crippen LogP contribution in [0.2, 0.25) is 5.02 Å². The number of carbonyl (C=O) groups excluding carboxylic acids is 1. The Labute approximate surface area is 125 Å². The van der Waals surface area contributed by atoms with E-state index in [1.54, 1.807) is 26.0 Å². The Kier molecular flexibility index (Phi) is 4.15. The lowest BCUT2D eigenvalue weighted by molar-refractivity contribution is -0.117. The van der Waals surface area contributed by atoms with Crippen molar-refractivity contribution in [1.82, 2.24) is 4.37 Å². The van der Waals surface area contributed by atoms with E-state index in [4.69, 9.17) is 17.3 Å². The fourth-order valence-corrected chi connectivity index (χ4v) is 2.59. The summed E-state index contributed by atoms with van der Waals surface area (Å²) in [6.07, 6.45) is 0. The molecule has 0 radical (unpaired) electrons. The maximum Gasteiger partial charge on any atom is 0.232 e. The number of carbonyl (C=O) groups is 1. The summed E-state index contributed by atoms with van der Waals surface area (Å²) in [6, 6.07) is 4.72. The van der Waals surface area contributed by atoms with Crippen molar-refractivity contribution in [1.29, 1.82) is 0 Å². The number of rotatable bonds is 3. The molecular formula is C13H14ClN3O2S. The Morgan fingerprint density at radius 1 is 1.55 bits per heavy atom. The first-order chi connectivity index (χ1) is 9.40. The maximum atomic E-state index is 12.2. The Morgan fingerprint density at radius 3 is 2.80 bits per heavy atom. The number of nitrogens with two attached hydrogens (primary N) is 1. The first-order valence-electron chi connectivity index (χ1n) is 5.91. The summed E-state index contributed by atoms with van der Waals surface area (Å²) in [5.74, 6) is -0.625. The second-order valence-electron chi connectivity index (χ2n) is 4.44. The quantitative estimate of drug-likeness (QED) is 0.600. The molecule has 0 bridgehead atoms. The van der Waals surface area contributed by atoms with Gasteiger partial charge in [0.25, 0.3) is 0 Å². The molecule has 1 unspecified atom stereocenters. The van der Waals surface area contributed by atoms with E-state index in [0.717, 1.165) is 17.1 Å². The SMILES string of the molecule is Cc1nsc(NC(=O)C(C)c2ccc(O)c(N)c2)c1Cl. The van der Waals surface area contributed by atoms with Gasteiger partial charge in [-0.2, -0.15) is 4.37 Å². The van der Waals surface area contributed by atoms with Crippen molar-refractivity contribution in [3.63, 3.8) is 0 Å². The monoisotopic (exact) mass is 311 g/mol. The number of halogens is 1. The minimum Gasteiger partial charge on any atom is -0.506 e. The highest BCUT2D eigenvalue weighted by atomic mass is 35.5. The molecule has 2 rings (SSSR count). The van der Waals surface area contributed by atoms with Gasteiger partial charge in [0, 0.05) is 0 Å². The predicted molar refractivity (Wildman–Crippen MR) is 81.4 cm³/mol. The van der Waals surface area contributed by atoms with E-state index in [1.807, 2.05) is 0 Å². The molecule has 0 saturated heterocycles. The molecule has 1 amide bonds. The molecule has 0 saturated carbocycles. The number of aryl methyl sites for hydroxylation is 1. The molecule has 0 fully saturated rings. The third-order valence-corrected chi connectivity index (χ3v) is 4.40. The Hall–Kier alpha value is -1.79. The summed E-state index contributed by atoms with van der Waals surface area (Å²) in [4.78, 5) is 12.2. The highest BCUT2D eigenvalue weighted by molar-refractivity contribution is 7.11. The third-order valence-electron chi connectivity index (χ3n) is 2.97. The molecule has 4 N–H and O–H groups in total. The lowest BCUT2D eigenvalue weighted by atomic mass is 9.99. The fourth-order valence-electron chi connectivity index (χ4n) is 1.65. The summed E-state index contributed by atoms with van der Waals surface area (Å²) < 4.78 is 4.07. The predicted octanol–water partition coefficient (Wildman–Crippen LogP) is 3.13. The van der Waals surface area contributed by atoms with Crippen LogP contribution in [0.5, 0.6) is 5.75 Å². The highest BCUT2D eigenvalue weighted by Crippen LogP contribution is 2.31. The zero-order chi connectivity index (χ0) is 14.9. The molecule has 0 aliphatic rings. The average Bonchev–Trinajstić information content (AvgIpc) is 2.73. The number of nitrogen functional groups attached to an aromatic ring is 1. The molecule has 7 heteroatoms. The summed E-state index contributed by atoms with van der Waals surface area (Å²) >= 11 is 7.17. The molecule has 0 spiro atoms. The molecule has 0 aliphatic heterocycles. The van der Waals surface area contributed by atoms with Crippen molar-refractivity contribution in [3.8, 4) is 5.75 Å². The van der Waals surface area contributed by atoms with Crippen molar-refractivity contribution in [2.75, 3.05) is 11.1 Å². The van der Waals surface area contributed by atoms with Gasteiger partial charge in [0.1, 0.15) is 10.8 Å². The smallest absolute Gasteiger partial charge is 0.232 e. The van der Waals surface area contributed by atoms with Crippen LogP contribution < -0.4 is 11.1 Å². The van der Waals surface area contributed by atoms with Gasteiger partial charge in [-0.25, -0.2) is 0 Å². The van der Waals surface area contributed by atoms with E-state index in [1.165, 1.54) is 6.07 Å². The van der Waals surface area contributed by atoms with Crippen molar-refractivity contribution in [3.05, 3.63) is 34.5 Å². The van der Waals surface area contributed by atoms with Crippen LogP contribution in [0.3, 0.4) is 0 Å². The molecule has 5 nitrogen and oxygen atoms in total. The summed E-state index contributed by atoms with van der Waals surface area (Å²) in [5, 5.41) is 13.1. The number of phenolic OH excluding ortho intramolecular Hbond substituents is 1. The van der Waals surface area contributed by atoms with Crippen LogP contribution in [-0.4, -0.2) is 15.4 Å². The van der Waals surface area contributed by atoms with Gasteiger partial charge >= 0.3 is 0 Å². The van der Waals surface area contributed by atoms with Crippen LogP contribution in [0, 0.1) is 6.92 Å². The molecule has 0 aliphatic carbocycles. The van der Waals surface area contributed by atoms with Crippen LogP contribution >= 0.6 is 23.1 Å². The third kappa shape index (κ3) is 2.86. The van der Waals surface area contributed by atoms with Crippen LogP contribution in [0.4, 0.5) is 10.7 Å². The van der Waals surface area contributed by atoms with E-state index in [9.17, 15) is 9.90 Å². The first-order valence-corrected chi connectivity index (χ1v) is 7.06. The molecule has 1 aromatic heterocycles. The standard InChI is InChI=1S/C13H14ClN3O2S/c1-6(8-3-4-10(18)9(15)5-8)12(19)16-13-11(14)7(2)17-20-13/h3-6,18H,15H2,1-2H3,(H,16,19). The van der Waals surface area contributed by atoms with E-state index >= 15 is 0 Å². The van der Waals surface area contributed by atoms with Gasteiger partial charge < -0.3 is 16.2 Å². The summed E-state index contributed by atoms with van der Waals surface area (Å²) in [5.41, 5.74) is 7.28. The van der Waals surface area contributed by atoms with Gasteiger partial charge in [-0.05, 0) is 43.1 Å². The topological polar surface area (TPSA) is 88.2 Å². The fraction of sp³-hybridized carbons (Fsp3) is 0.231. The number of amides is 1. The first kappa shape index (κ1) is 14.6. The molecule has 1 atom stereocenters. The second-order valence-corrected chi connectivity index (χ2v) is 5.59. The number of nitrogens with zero attached hydrogens (tertiary/aromatic N) is 1.